The molecule has 1 saturated heterocycles. The Morgan fingerprint density at radius 2 is 1.61 bits per heavy atom. The van der Waals surface area contributed by atoms with Gasteiger partial charge in [0.25, 0.3) is 0 Å². The highest BCUT2D eigenvalue weighted by atomic mass is 35.5. The molecule has 150 valence electrons. The number of benzene rings is 2. The van der Waals surface area contributed by atoms with Crippen molar-refractivity contribution in [2.24, 2.45) is 5.92 Å². The number of carboxylic acids is 1. The highest BCUT2D eigenvalue weighted by Crippen LogP contribution is 2.39. The molecule has 2 aromatic carbocycles. The van der Waals surface area contributed by atoms with E-state index in [1.165, 1.54) is 6.07 Å². The van der Waals surface area contributed by atoms with Gasteiger partial charge in [-0.25, -0.2) is 0 Å². The van der Waals surface area contributed by atoms with Gasteiger partial charge < -0.3 is 5.11 Å². The summed E-state index contributed by atoms with van der Waals surface area (Å²) >= 11 is 11.7. The molecule has 1 aliphatic rings. The van der Waals surface area contributed by atoms with Gasteiger partial charge in [-0.1, -0.05) is 41.4 Å². The summed E-state index contributed by atoms with van der Waals surface area (Å²) in [5.74, 6) is -1.27. The number of alkyl halides is 3. The number of hydrogen-bond donors (Lipinski definition) is 1. The lowest BCUT2D eigenvalue weighted by atomic mass is 9.90. The molecule has 0 aromatic heterocycles. The van der Waals surface area contributed by atoms with E-state index < -0.39 is 29.7 Å². The van der Waals surface area contributed by atoms with Crippen LogP contribution in [-0.2, 0) is 11.0 Å². The Labute approximate surface area is 170 Å². The molecule has 0 amide bonds. The Hall–Kier alpha value is -1.76. The van der Waals surface area contributed by atoms with Crippen molar-refractivity contribution in [3.8, 4) is 0 Å². The summed E-state index contributed by atoms with van der Waals surface area (Å²) < 4.78 is 40.0. The monoisotopic (exact) mass is 431 g/mol. The normalized spacial score (nSPS) is 17.5. The summed E-state index contributed by atoms with van der Waals surface area (Å²) in [6.07, 6.45) is -3.67. The lowest BCUT2D eigenvalue weighted by Crippen LogP contribution is -2.39. The maximum absolute atomic E-state index is 13.3. The second kappa shape index (κ2) is 8.31. The summed E-state index contributed by atoms with van der Waals surface area (Å²) in [5.41, 5.74) is 0.354. The highest BCUT2D eigenvalue weighted by Gasteiger charge is 2.35. The average Bonchev–Trinajstić information content (AvgIpc) is 2.64. The lowest BCUT2D eigenvalue weighted by molar-refractivity contribution is -0.143. The average molecular weight is 432 g/mol. The summed E-state index contributed by atoms with van der Waals surface area (Å²) in [4.78, 5) is 13.2. The van der Waals surface area contributed by atoms with Gasteiger partial charge in [0.1, 0.15) is 0 Å². The second-order valence-corrected chi connectivity index (χ2v) is 7.68. The lowest BCUT2D eigenvalue weighted by Gasteiger charge is -2.37. The SMILES string of the molecule is O=C(O)C1CCN(C(c2ccc(Cl)cc2)c2ccc(Cl)c(C(F)(F)F)c2)CC1. The minimum atomic E-state index is -4.56. The molecule has 28 heavy (non-hydrogen) atoms. The number of aliphatic carboxylic acids is 1. The molecule has 0 aliphatic carbocycles. The van der Waals surface area contributed by atoms with E-state index in [1.807, 2.05) is 4.90 Å². The number of likely N-dealkylation sites (tertiary alicyclic amines) is 1. The molecule has 0 radical (unpaired) electrons. The van der Waals surface area contributed by atoms with Crippen molar-refractivity contribution in [2.75, 3.05) is 13.1 Å². The molecule has 1 fully saturated rings. The number of halogens is 5. The minimum Gasteiger partial charge on any atom is -0.481 e. The van der Waals surface area contributed by atoms with E-state index in [-0.39, 0.29) is 5.02 Å². The van der Waals surface area contributed by atoms with Crippen LogP contribution >= 0.6 is 23.2 Å². The minimum absolute atomic E-state index is 0.351. The molecule has 3 rings (SSSR count). The van der Waals surface area contributed by atoms with Gasteiger partial charge in [0, 0.05) is 5.02 Å². The molecule has 1 heterocycles. The number of nitrogens with zero attached hydrogens (tertiary/aromatic N) is 1. The zero-order valence-corrected chi connectivity index (χ0v) is 16.2. The van der Waals surface area contributed by atoms with Crippen molar-refractivity contribution in [3.05, 3.63) is 69.2 Å². The van der Waals surface area contributed by atoms with Gasteiger partial charge in [-0.3, -0.25) is 9.69 Å². The van der Waals surface area contributed by atoms with Crippen molar-refractivity contribution >= 4 is 29.2 Å². The van der Waals surface area contributed by atoms with Gasteiger partial charge in [-0.05, 0) is 61.3 Å². The van der Waals surface area contributed by atoms with Crippen molar-refractivity contribution < 1.29 is 23.1 Å². The van der Waals surface area contributed by atoms with Gasteiger partial charge in [-0.2, -0.15) is 13.2 Å². The first-order chi connectivity index (χ1) is 13.2. The van der Waals surface area contributed by atoms with Crippen LogP contribution in [0.1, 0.15) is 35.6 Å². The third kappa shape index (κ3) is 4.62. The van der Waals surface area contributed by atoms with Crippen LogP contribution in [0.3, 0.4) is 0 Å². The summed E-state index contributed by atoms with van der Waals surface area (Å²) in [6, 6.07) is 10.4. The largest absolute Gasteiger partial charge is 0.481 e. The van der Waals surface area contributed by atoms with Gasteiger partial charge in [0.05, 0.1) is 22.5 Å². The molecule has 0 saturated carbocycles. The molecule has 8 heteroatoms. The van der Waals surface area contributed by atoms with Crippen LogP contribution < -0.4 is 0 Å². The van der Waals surface area contributed by atoms with E-state index in [1.54, 1.807) is 30.3 Å². The van der Waals surface area contributed by atoms with E-state index in [0.717, 1.165) is 11.6 Å². The Kier molecular flexibility index (Phi) is 6.22. The van der Waals surface area contributed by atoms with Crippen molar-refractivity contribution in [1.29, 1.82) is 0 Å². The molecule has 3 nitrogen and oxygen atoms in total. The van der Waals surface area contributed by atoms with Gasteiger partial charge >= 0.3 is 12.1 Å². The molecule has 2 aromatic rings. The maximum atomic E-state index is 13.3. The van der Waals surface area contributed by atoms with E-state index in [4.69, 9.17) is 23.2 Å². The van der Waals surface area contributed by atoms with Crippen LogP contribution in [0.2, 0.25) is 10.0 Å². The van der Waals surface area contributed by atoms with Gasteiger partial charge in [0.15, 0.2) is 0 Å². The Morgan fingerprint density at radius 3 is 2.14 bits per heavy atom. The van der Waals surface area contributed by atoms with E-state index >= 15 is 0 Å². The molecule has 1 unspecified atom stereocenters. The van der Waals surface area contributed by atoms with Crippen LogP contribution in [0, 0.1) is 5.92 Å². The summed E-state index contributed by atoms with van der Waals surface area (Å²) in [6.45, 7) is 0.933. The molecule has 1 atom stereocenters. The van der Waals surface area contributed by atoms with E-state index in [0.29, 0.717) is 36.5 Å². The van der Waals surface area contributed by atoms with Crippen molar-refractivity contribution in [2.45, 2.75) is 25.1 Å². The predicted octanol–water partition coefficient (Wildman–Crippen LogP) is 5.90. The fraction of sp³-hybridized carbons (Fsp3) is 0.350. The quantitative estimate of drug-likeness (QED) is 0.654. The molecule has 0 spiro atoms. The van der Waals surface area contributed by atoms with E-state index in [9.17, 15) is 23.1 Å². The molecule has 0 bridgehead atoms. The zero-order chi connectivity index (χ0) is 20.5. The number of rotatable bonds is 4. The standard InChI is InChI=1S/C20H18Cl2F3NO2/c21-15-4-1-12(2-5-15)18(26-9-7-13(8-10-26)19(27)28)14-3-6-17(22)16(11-14)20(23,24)25/h1-6,11,13,18H,7-10H2,(H,27,28). The van der Waals surface area contributed by atoms with Crippen LogP contribution in [0.25, 0.3) is 0 Å². The van der Waals surface area contributed by atoms with Crippen molar-refractivity contribution in [1.82, 2.24) is 4.90 Å². The van der Waals surface area contributed by atoms with Gasteiger partial charge in [-0.15, -0.1) is 0 Å². The molecule has 1 aliphatic heterocycles. The smallest absolute Gasteiger partial charge is 0.417 e. The highest BCUT2D eigenvalue weighted by molar-refractivity contribution is 6.31. The first-order valence-corrected chi connectivity index (χ1v) is 9.51. The van der Waals surface area contributed by atoms with Crippen molar-refractivity contribution in [3.63, 3.8) is 0 Å². The Balaban J connectivity index is 2.00. The van der Waals surface area contributed by atoms with Crippen LogP contribution in [-0.4, -0.2) is 29.1 Å². The zero-order valence-electron chi connectivity index (χ0n) is 14.7. The third-order valence-corrected chi connectivity index (χ3v) is 5.62. The number of carbonyl (C=O) groups is 1. The summed E-state index contributed by atoms with van der Waals surface area (Å²) in [5, 5.41) is 9.39. The fourth-order valence-corrected chi connectivity index (χ4v) is 3.94. The van der Waals surface area contributed by atoms with Crippen LogP contribution in [0.4, 0.5) is 13.2 Å². The van der Waals surface area contributed by atoms with Gasteiger partial charge in [0.2, 0.25) is 0 Å². The first-order valence-electron chi connectivity index (χ1n) is 8.76. The summed E-state index contributed by atoms with van der Waals surface area (Å²) in [7, 11) is 0. The molecular weight excluding hydrogens is 414 g/mol. The predicted molar refractivity (Wildman–Crippen MR) is 102 cm³/mol. The molecular formula is C20H18Cl2F3NO2. The first kappa shape index (κ1) is 21.0. The maximum Gasteiger partial charge on any atom is 0.417 e. The topological polar surface area (TPSA) is 40.5 Å². The number of carboxylic acid groups (broad SMARTS) is 1. The van der Waals surface area contributed by atoms with E-state index in [2.05, 4.69) is 0 Å². The van der Waals surface area contributed by atoms with Crippen LogP contribution in [0.5, 0.6) is 0 Å². The number of piperidine rings is 1. The van der Waals surface area contributed by atoms with Crippen LogP contribution in [0.15, 0.2) is 42.5 Å². The fourth-order valence-electron chi connectivity index (χ4n) is 3.59. The third-order valence-electron chi connectivity index (χ3n) is 5.04. The Morgan fingerprint density at radius 1 is 1.04 bits per heavy atom. The number of hydrogen-bond acceptors (Lipinski definition) is 2. The molecule has 1 N–H and O–H groups in total. The Bertz CT molecular complexity index is 848. The second-order valence-electron chi connectivity index (χ2n) is 6.84.